The van der Waals surface area contributed by atoms with Crippen molar-refractivity contribution < 1.29 is 0 Å². The van der Waals surface area contributed by atoms with Gasteiger partial charge in [-0.15, -0.1) is 0 Å². The summed E-state index contributed by atoms with van der Waals surface area (Å²) < 4.78 is 0.869. The number of anilines is 1. The minimum atomic E-state index is 0.0310. The van der Waals surface area contributed by atoms with E-state index in [1.54, 1.807) is 12.1 Å². The molecule has 0 aliphatic rings. The zero-order valence-electron chi connectivity index (χ0n) is 10.1. The van der Waals surface area contributed by atoms with Crippen molar-refractivity contribution in [3.05, 3.63) is 61.5 Å². The molecule has 0 radical (unpaired) electrons. The van der Waals surface area contributed by atoms with E-state index < -0.39 is 0 Å². The first-order chi connectivity index (χ1) is 8.97. The van der Waals surface area contributed by atoms with Gasteiger partial charge in [-0.3, -0.25) is 0 Å². The van der Waals surface area contributed by atoms with Crippen LogP contribution < -0.4 is 5.32 Å². The molecule has 2 aromatic rings. The first-order valence-electron chi connectivity index (χ1n) is 5.64. The number of benzene rings is 2. The molecule has 0 spiro atoms. The molecule has 2 rings (SSSR count). The Morgan fingerprint density at radius 2 is 1.74 bits per heavy atom. The van der Waals surface area contributed by atoms with Crippen molar-refractivity contribution in [3.8, 4) is 0 Å². The number of hydrogen-bond donors (Lipinski definition) is 1. The summed E-state index contributed by atoms with van der Waals surface area (Å²) in [5.41, 5.74) is 1.88. The van der Waals surface area contributed by atoms with Crippen LogP contribution >= 0.6 is 50.7 Å². The van der Waals surface area contributed by atoms with Crippen LogP contribution in [0.15, 0.2) is 40.9 Å². The molecular formula is C14H11BrCl3N. The van der Waals surface area contributed by atoms with E-state index in [-0.39, 0.29) is 6.04 Å². The van der Waals surface area contributed by atoms with Gasteiger partial charge in [0.15, 0.2) is 0 Å². The molecule has 0 fully saturated rings. The van der Waals surface area contributed by atoms with Crippen LogP contribution in [0.4, 0.5) is 5.69 Å². The minimum Gasteiger partial charge on any atom is -0.378 e. The zero-order chi connectivity index (χ0) is 14.0. The van der Waals surface area contributed by atoms with Crippen molar-refractivity contribution in [2.24, 2.45) is 0 Å². The Hall–Kier alpha value is -0.410. The van der Waals surface area contributed by atoms with Gasteiger partial charge in [0.05, 0.1) is 11.1 Å². The molecule has 100 valence electrons. The number of halogens is 4. The van der Waals surface area contributed by atoms with Gasteiger partial charge in [0.1, 0.15) is 0 Å². The van der Waals surface area contributed by atoms with Crippen molar-refractivity contribution >= 4 is 56.4 Å². The normalized spacial score (nSPS) is 12.3. The lowest BCUT2D eigenvalue weighted by Gasteiger charge is -2.17. The Balaban J connectivity index is 2.22. The number of rotatable bonds is 3. The van der Waals surface area contributed by atoms with Crippen LogP contribution in [0.3, 0.4) is 0 Å². The molecule has 1 unspecified atom stereocenters. The number of hydrogen-bond acceptors (Lipinski definition) is 1. The summed E-state index contributed by atoms with van der Waals surface area (Å²) in [6, 6.07) is 11.2. The first-order valence-corrected chi connectivity index (χ1v) is 7.56. The third-order valence-corrected chi connectivity index (χ3v) is 4.54. The molecule has 0 saturated heterocycles. The lowest BCUT2D eigenvalue weighted by Crippen LogP contribution is -2.07. The second-order valence-electron chi connectivity index (χ2n) is 4.16. The zero-order valence-corrected chi connectivity index (χ0v) is 13.9. The predicted octanol–water partition coefficient (Wildman–Crippen LogP) is 6.58. The molecule has 2 aromatic carbocycles. The van der Waals surface area contributed by atoms with Crippen LogP contribution in [0, 0.1) is 0 Å². The topological polar surface area (TPSA) is 12.0 Å². The molecule has 0 heterocycles. The monoisotopic (exact) mass is 377 g/mol. The summed E-state index contributed by atoms with van der Waals surface area (Å²) in [7, 11) is 0. The molecule has 0 bridgehead atoms. The molecule has 1 atom stereocenters. The SMILES string of the molecule is CC(Nc1ccc(Br)c(Cl)c1)c1cc(Cl)ccc1Cl. The van der Waals surface area contributed by atoms with Gasteiger partial charge in [-0.2, -0.15) is 0 Å². The van der Waals surface area contributed by atoms with E-state index >= 15 is 0 Å². The van der Waals surface area contributed by atoms with Gasteiger partial charge in [-0.05, 0) is 64.8 Å². The van der Waals surface area contributed by atoms with E-state index in [4.69, 9.17) is 34.8 Å². The fourth-order valence-corrected chi connectivity index (χ4v) is 2.65. The lowest BCUT2D eigenvalue weighted by atomic mass is 10.1. The molecule has 0 amide bonds. The van der Waals surface area contributed by atoms with Crippen molar-refractivity contribution in [3.63, 3.8) is 0 Å². The summed E-state index contributed by atoms with van der Waals surface area (Å²) in [6.07, 6.45) is 0. The summed E-state index contributed by atoms with van der Waals surface area (Å²) in [5, 5.41) is 5.36. The Bertz CT molecular complexity index is 601. The molecular weight excluding hydrogens is 368 g/mol. The van der Waals surface area contributed by atoms with Gasteiger partial charge in [-0.1, -0.05) is 34.8 Å². The molecule has 1 nitrogen and oxygen atoms in total. The van der Waals surface area contributed by atoms with Gasteiger partial charge in [0, 0.05) is 20.2 Å². The van der Waals surface area contributed by atoms with Crippen LogP contribution in [0.1, 0.15) is 18.5 Å². The average Bonchev–Trinajstić information content (AvgIpc) is 2.36. The molecule has 0 aliphatic heterocycles. The van der Waals surface area contributed by atoms with Gasteiger partial charge < -0.3 is 5.32 Å². The molecule has 19 heavy (non-hydrogen) atoms. The van der Waals surface area contributed by atoms with Crippen LogP contribution in [-0.4, -0.2) is 0 Å². The van der Waals surface area contributed by atoms with E-state index in [1.165, 1.54) is 0 Å². The summed E-state index contributed by atoms with van der Waals surface area (Å²) in [6.45, 7) is 2.02. The summed E-state index contributed by atoms with van der Waals surface area (Å²) in [5.74, 6) is 0. The van der Waals surface area contributed by atoms with E-state index in [2.05, 4.69) is 21.2 Å². The van der Waals surface area contributed by atoms with E-state index in [0.29, 0.717) is 15.1 Å². The Kier molecular flexibility index (Phi) is 5.02. The highest BCUT2D eigenvalue weighted by Crippen LogP contribution is 2.31. The largest absolute Gasteiger partial charge is 0.378 e. The molecule has 0 saturated carbocycles. The fourth-order valence-electron chi connectivity index (χ4n) is 1.76. The standard InChI is InChI=1S/C14H11BrCl3N/c1-8(11-6-9(16)2-5-13(11)17)19-10-3-4-12(15)14(18)7-10/h2-8,19H,1H3. The average molecular weight is 380 g/mol. The van der Waals surface area contributed by atoms with Crippen LogP contribution in [-0.2, 0) is 0 Å². The maximum Gasteiger partial charge on any atom is 0.0568 e. The molecule has 0 aliphatic carbocycles. The van der Waals surface area contributed by atoms with E-state index in [1.807, 2.05) is 31.2 Å². The Morgan fingerprint density at radius 3 is 2.42 bits per heavy atom. The van der Waals surface area contributed by atoms with Crippen molar-refractivity contribution in [1.82, 2.24) is 0 Å². The fraction of sp³-hybridized carbons (Fsp3) is 0.143. The van der Waals surface area contributed by atoms with Gasteiger partial charge in [0.2, 0.25) is 0 Å². The van der Waals surface area contributed by atoms with Crippen molar-refractivity contribution in [2.75, 3.05) is 5.32 Å². The second kappa shape index (κ2) is 6.36. The van der Waals surface area contributed by atoms with Crippen LogP contribution in [0.5, 0.6) is 0 Å². The van der Waals surface area contributed by atoms with Crippen LogP contribution in [0.25, 0.3) is 0 Å². The summed E-state index contributed by atoms with van der Waals surface area (Å²) >= 11 is 21.6. The van der Waals surface area contributed by atoms with E-state index in [9.17, 15) is 0 Å². The minimum absolute atomic E-state index is 0.0310. The Labute approximate surface area is 136 Å². The van der Waals surface area contributed by atoms with Crippen molar-refractivity contribution in [2.45, 2.75) is 13.0 Å². The lowest BCUT2D eigenvalue weighted by molar-refractivity contribution is 0.885. The highest BCUT2D eigenvalue weighted by Gasteiger charge is 2.11. The molecule has 5 heteroatoms. The first kappa shape index (κ1) is 15.0. The molecule has 0 aromatic heterocycles. The highest BCUT2D eigenvalue weighted by atomic mass is 79.9. The smallest absolute Gasteiger partial charge is 0.0568 e. The third kappa shape index (κ3) is 3.79. The van der Waals surface area contributed by atoms with Gasteiger partial charge >= 0.3 is 0 Å². The maximum absolute atomic E-state index is 6.18. The highest BCUT2D eigenvalue weighted by molar-refractivity contribution is 9.10. The summed E-state index contributed by atoms with van der Waals surface area (Å²) in [4.78, 5) is 0. The second-order valence-corrected chi connectivity index (χ2v) is 6.27. The Morgan fingerprint density at radius 1 is 1.00 bits per heavy atom. The maximum atomic E-state index is 6.18. The van der Waals surface area contributed by atoms with E-state index in [0.717, 1.165) is 15.7 Å². The van der Waals surface area contributed by atoms with Crippen molar-refractivity contribution in [1.29, 1.82) is 0 Å². The molecule has 1 N–H and O–H groups in total. The number of nitrogens with one attached hydrogen (secondary N) is 1. The van der Waals surface area contributed by atoms with Gasteiger partial charge in [0.25, 0.3) is 0 Å². The van der Waals surface area contributed by atoms with Crippen LogP contribution in [0.2, 0.25) is 15.1 Å². The predicted molar refractivity (Wildman–Crippen MR) is 87.7 cm³/mol. The quantitative estimate of drug-likeness (QED) is 0.635. The third-order valence-electron chi connectivity index (χ3n) is 2.73. The van der Waals surface area contributed by atoms with Gasteiger partial charge in [-0.25, -0.2) is 0 Å².